The smallest absolute Gasteiger partial charge is 0.271 e. The first-order chi connectivity index (χ1) is 12.7. The highest BCUT2D eigenvalue weighted by molar-refractivity contribution is 7.92. The average molecular weight is 390 g/mol. The summed E-state index contributed by atoms with van der Waals surface area (Å²) in [5.74, 6) is -0.728. The first kappa shape index (κ1) is 20.0. The fourth-order valence-electron chi connectivity index (χ4n) is 2.19. The van der Waals surface area contributed by atoms with Gasteiger partial charge in [-0.05, 0) is 32.0 Å². The van der Waals surface area contributed by atoms with E-state index in [9.17, 15) is 23.3 Å². The van der Waals surface area contributed by atoms with E-state index in [4.69, 9.17) is 0 Å². The van der Waals surface area contributed by atoms with Crippen LogP contribution in [-0.2, 0) is 14.8 Å². The van der Waals surface area contributed by atoms with Gasteiger partial charge in [0.2, 0.25) is 0 Å². The van der Waals surface area contributed by atoms with Crippen molar-refractivity contribution >= 4 is 33.0 Å². The zero-order valence-corrected chi connectivity index (χ0v) is 15.5. The Kier molecular flexibility index (Phi) is 6.24. The standard InChI is InChI=1S/C17H18N4O5S/c1-13(2)18-19-17(22)12-20(15-10-6-7-11-16(15)21(23)24)27(25,26)14-8-4-3-5-9-14/h3-11H,12H2,1-2H3,(H,19,22). The molecule has 9 nitrogen and oxygen atoms in total. The van der Waals surface area contributed by atoms with Crippen LogP contribution in [0.5, 0.6) is 0 Å². The predicted molar refractivity (Wildman–Crippen MR) is 101 cm³/mol. The molecule has 0 unspecified atom stereocenters. The van der Waals surface area contributed by atoms with Crippen LogP contribution in [0.15, 0.2) is 64.6 Å². The van der Waals surface area contributed by atoms with Gasteiger partial charge >= 0.3 is 0 Å². The molecule has 0 atom stereocenters. The van der Waals surface area contributed by atoms with Crippen LogP contribution in [0.3, 0.4) is 0 Å². The molecule has 2 aromatic carbocycles. The van der Waals surface area contributed by atoms with Crippen molar-refractivity contribution in [1.82, 2.24) is 5.43 Å². The monoisotopic (exact) mass is 390 g/mol. The van der Waals surface area contributed by atoms with Crippen molar-refractivity contribution in [2.45, 2.75) is 18.7 Å². The van der Waals surface area contributed by atoms with Crippen LogP contribution in [0.25, 0.3) is 0 Å². The summed E-state index contributed by atoms with van der Waals surface area (Å²) in [5.41, 5.74) is 2.15. The largest absolute Gasteiger partial charge is 0.293 e. The molecular formula is C17H18N4O5S. The molecule has 0 radical (unpaired) electrons. The van der Waals surface area contributed by atoms with Crippen molar-refractivity contribution in [2.24, 2.45) is 5.10 Å². The molecule has 0 heterocycles. The lowest BCUT2D eigenvalue weighted by Gasteiger charge is -2.23. The second-order valence-corrected chi connectivity index (χ2v) is 7.53. The Balaban J connectivity index is 2.55. The van der Waals surface area contributed by atoms with Crippen molar-refractivity contribution in [3.63, 3.8) is 0 Å². The Morgan fingerprint density at radius 3 is 2.30 bits per heavy atom. The predicted octanol–water partition coefficient (Wildman–Crippen LogP) is 2.30. The molecule has 0 aliphatic carbocycles. The third-order valence-corrected chi connectivity index (χ3v) is 5.14. The minimum absolute atomic E-state index is 0.0916. The summed E-state index contributed by atoms with van der Waals surface area (Å²) in [4.78, 5) is 22.8. The Labute approximate surface area is 156 Å². The van der Waals surface area contributed by atoms with Crippen LogP contribution in [-0.4, -0.2) is 31.5 Å². The van der Waals surface area contributed by atoms with Crippen molar-refractivity contribution < 1.29 is 18.1 Å². The van der Waals surface area contributed by atoms with Crippen molar-refractivity contribution in [3.05, 3.63) is 64.7 Å². The fourth-order valence-corrected chi connectivity index (χ4v) is 3.64. The average Bonchev–Trinajstić information content (AvgIpc) is 2.65. The highest BCUT2D eigenvalue weighted by atomic mass is 32.2. The number of carbonyl (C=O) groups is 1. The maximum atomic E-state index is 13.1. The Bertz CT molecular complexity index is 970. The van der Waals surface area contributed by atoms with E-state index in [0.29, 0.717) is 10.0 Å². The Hall–Kier alpha value is -3.27. The van der Waals surface area contributed by atoms with Gasteiger partial charge in [-0.2, -0.15) is 5.10 Å². The van der Waals surface area contributed by atoms with Gasteiger partial charge in [0.25, 0.3) is 21.6 Å². The third kappa shape index (κ3) is 4.88. The number of nitrogens with one attached hydrogen (secondary N) is 1. The molecular weight excluding hydrogens is 372 g/mol. The quantitative estimate of drug-likeness (QED) is 0.441. The van der Waals surface area contributed by atoms with Gasteiger partial charge in [0, 0.05) is 11.8 Å². The molecule has 2 aromatic rings. The number of amides is 1. The van der Waals surface area contributed by atoms with Crippen LogP contribution in [0.1, 0.15) is 13.8 Å². The molecule has 27 heavy (non-hydrogen) atoms. The number of para-hydroxylation sites is 2. The molecule has 10 heteroatoms. The number of rotatable bonds is 7. The molecule has 0 spiro atoms. The van der Waals surface area contributed by atoms with Crippen molar-refractivity contribution in [2.75, 3.05) is 10.8 Å². The number of hydrogen-bond acceptors (Lipinski definition) is 6. The molecule has 0 saturated carbocycles. The van der Waals surface area contributed by atoms with Crippen LogP contribution in [0.4, 0.5) is 11.4 Å². The zero-order valence-electron chi connectivity index (χ0n) is 14.7. The van der Waals surface area contributed by atoms with Gasteiger partial charge < -0.3 is 0 Å². The number of nitrogens with zero attached hydrogens (tertiary/aromatic N) is 3. The summed E-state index contributed by atoms with van der Waals surface area (Å²) < 4.78 is 26.8. The molecule has 2 rings (SSSR count). The number of anilines is 1. The van der Waals surface area contributed by atoms with E-state index in [1.54, 1.807) is 19.9 Å². The summed E-state index contributed by atoms with van der Waals surface area (Å²) >= 11 is 0. The first-order valence-corrected chi connectivity index (χ1v) is 9.28. The number of hydrazone groups is 1. The molecule has 1 N–H and O–H groups in total. The van der Waals surface area contributed by atoms with Gasteiger partial charge in [0.15, 0.2) is 0 Å². The third-order valence-electron chi connectivity index (χ3n) is 3.37. The summed E-state index contributed by atoms with van der Waals surface area (Å²) in [6.07, 6.45) is 0. The lowest BCUT2D eigenvalue weighted by atomic mass is 10.2. The number of nitro groups is 1. The van der Waals surface area contributed by atoms with Gasteiger partial charge in [0.1, 0.15) is 12.2 Å². The second kappa shape index (κ2) is 8.41. The van der Waals surface area contributed by atoms with Gasteiger partial charge in [-0.15, -0.1) is 0 Å². The Morgan fingerprint density at radius 1 is 1.11 bits per heavy atom. The molecule has 0 bridgehead atoms. The normalized spacial score (nSPS) is 10.7. The minimum Gasteiger partial charge on any atom is -0.271 e. The lowest BCUT2D eigenvalue weighted by Crippen LogP contribution is -2.40. The van der Waals surface area contributed by atoms with E-state index < -0.39 is 33.1 Å². The molecule has 0 saturated heterocycles. The van der Waals surface area contributed by atoms with Crippen LogP contribution in [0, 0.1) is 10.1 Å². The molecule has 0 aliphatic heterocycles. The van der Waals surface area contributed by atoms with Gasteiger partial charge in [0.05, 0.1) is 9.82 Å². The van der Waals surface area contributed by atoms with E-state index in [2.05, 4.69) is 10.5 Å². The zero-order chi connectivity index (χ0) is 20.0. The molecule has 0 aromatic heterocycles. The van der Waals surface area contributed by atoms with E-state index in [0.717, 1.165) is 0 Å². The van der Waals surface area contributed by atoms with E-state index in [-0.39, 0.29) is 10.6 Å². The number of nitro benzene ring substituents is 1. The highest BCUT2D eigenvalue weighted by Gasteiger charge is 2.31. The van der Waals surface area contributed by atoms with Crippen molar-refractivity contribution in [1.29, 1.82) is 0 Å². The fraction of sp³-hybridized carbons (Fsp3) is 0.176. The molecule has 0 fully saturated rings. The number of benzene rings is 2. The van der Waals surface area contributed by atoms with Gasteiger partial charge in [-0.25, -0.2) is 18.1 Å². The summed E-state index contributed by atoms with van der Waals surface area (Å²) in [6, 6.07) is 12.7. The van der Waals surface area contributed by atoms with E-state index in [1.807, 2.05) is 0 Å². The highest BCUT2D eigenvalue weighted by Crippen LogP contribution is 2.31. The van der Waals surface area contributed by atoms with E-state index in [1.165, 1.54) is 48.5 Å². The SMILES string of the molecule is CC(C)=NNC(=O)CN(c1ccccc1[N+](=O)[O-])S(=O)(=O)c1ccccc1. The summed E-state index contributed by atoms with van der Waals surface area (Å²) in [5, 5.41) is 15.1. The van der Waals surface area contributed by atoms with Crippen LogP contribution in [0.2, 0.25) is 0 Å². The lowest BCUT2D eigenvalue weighted by molar-refractivity contribution is -0.384. The summed E-state index contributed by atoms with van der Waals surface area (Å²) in [6.45, 7) is 2.64. The number of hydrogen-bond donors (Lipinski definition) is 1. The van der Waals surface area contributed by atoms with Gasteiger partial charge in [-0.1, -0.05) is 30.3 Å². The van der Waals surface area contributed by atoms with Gasteiger partial charge in [-0.3, -0.25) is 14.9 Å². The Morgan fingerprint density at radius 2 is 1.70 bits per heavy atom. The van der Waals surface area contributed by atoms with E-state index >= 15 is 0 Å². The van der Waals surface area contributed by atoms with Crippen molar-refractivity contribution in [3.8, 4) is 0 Å². The topological polar surface area (TPSA) is 122 Å². The maximum Gasteiger partial charge on any atom is 0.293 e. The molecule has 1 amide bonds. The molecule has 0 aliphatic rings. The molecule has 142 valence electrons. The van der Waals surface area contributed by atoms with Crippen LogP contribution >= 0.6 is 0 Å². The van der Waals surface area contributed by atoms with Crippen LogP contribution < -0.4 is 9.73 Å². The summed E-state index contributed by atoms with van der Waals surface area (Å²) in [7, 11) is -4.22. The number of sulfonamides is 1. The first-order valence-electron chi connectivity index (χ1n) is 7.84. The second-order valence-electron chi connectivity index (χ2n) is 5.66. The maximum absolute atomic E-state index is 13.1. The minimum atomic E-state index is -4.22. The number of carbonyl (C=O) groups excluding carboxylic acids is 1.